The minimum absolute atomic E-state index is 0.0169. The summed E-state index contributed by atoms with van der Waals surface area (Å²) in [7, 11) is 0. The molecule has 0 bridgehead atoms. The molecule has 3 N–H and O–H groups in total. The second-order valence-electron chi connectivity index (χ2n) is 3.88. The molecule has 0 spiro atoms. The highest BCUT2D eigenvalue weighted by Gasteiger charge is 2.06. The van der Waals surface area contributed by atoms with Gasteiger partial charge in [0.15, 0.2) is 0 Å². The number of nitrogens with one attached hydrogen (secondary N) is 1. The normalized spacial score (nSPS) is 12.1. The predicted molar refractivity (Wildman–Crippen MR) is 73.1 cm³/mol. The average molecular weight is 252 g/mol. The van der Waals surface area contributed by atoms with E-state index in [0.717, 1.165) is 12.2 Å². The molecule has 4 heteroatoms. The number of hydrogen-bond acceptors (Lipinski definition) is 3. The van der Waals surface area contributed by atoms with Gasteiger partial charge in [0.2, 0.25) is 5.91 Å². The van der Waals surface area contributed by atoms with Gasteiger partial charge in [-0.15, -0.1) is 11.8 Å². The van der Waals surface area contributed by atoms with Crippen LogP contribution in [0.15, 0.2) is 35.2 Å². The number of carbonyl (C=O) groups is 1. The molecule has 3 nitrogen and oxygen atoms in total. The molecule has 0 aliphatic heterocycles. The third kappa shape index (κ3) is 6.34. The Bertz CT molecular complexity index is 329. The Kier molecular flexibility index (Phi) is 6.74. The Morgan fingerprint density at radius 1 is 1.41 bits per heavy atom. The fourth-order valence-corrected chi connectivity index (χ4v) is 2.12. The second kappa shape index (κ2) is 8.14. The molecule has 1 aromatic rings. The van der Waals surface area contributed by atoms with Crippen LogP contribution in [0.1, 0.15) is 19.8 Å². The minimum Gasteiger partial charge on any atom is -0.355 e. The van der Waals surface area contributed by atoms with Gasteiger partial charge in [0.1, 0.15) is 0 Å². The number of carbonyl (C=O) groups excluding carboxylic acids is 1. The average Bonchev–Trinajstić information content (AvgIpc) is 2.36. The number of rotatable bonds is 7. The summed E-state index contributed by atoms with van der Waals surface area (Å²) in [4.78, 5) is 12.7. The molecule has 1 aromatic carbocycles. The first-order chi connectivity index (χ1) is 8.22. The van der Waals surface area contributed by atoms with Gasteiger partial charge < -0.3 is 11.1 Å². The quantitative estimate of drug-likeness (QED) is 0.576. The molecule has 0 aromatic heterocycles. The first-order valence-corrected chi connectivity index (χ1v) is 6.91. The summed E-state index contributed by atoms with van der Waals surface area (Å²) >= 11 is 1.74. The summed E-state index contributed by atoms with van der Waals surface area (Å²) in [6.45, 7) is 2.68. The maximum absolute atomic E-state index is 11.4. The van der Waals surface area contributed by atoms with E-state index in [1.165, 1.54) is 4.90 Å². The lowest BCUT2D eigenvalue weighted by molar-refractivity contribution is -0.121. The van der Waals surface area contributed by atoms with E-state index in [0.29, 0.717) is 13.0 Å². The lowest BCUT2D eigenvalue weighted by Crippen LogP contribution is -2.32. The van der Waals surface area contributed by atoms with Gasteiger partial charge in [-0.2, -0.15) is 0 Å². The highest BCUT2D eigenvalue weighted by atomic mass is 32.2. The van der Waals surface area contributed by atoms with Crippen molar-refractivity contribution in [2.75, 3.05) is 12.3 Å². The second-order valence-corrected chi connectivity index (χ2v) is 5.05. The van der Waals surface area contributed by atoms with Gasteiger partial charge in [0, 0.05) is 29.7 Å². The fraction of sp³-hybridized carbons (Fsp3) is 0.462. The van der Waals surface area contributed by atoms with Crippen molar-refractivity contribution < 1.29 is 4.79 Å². The predicted octanol–water partition coefficient (Wildman–Crippen LogP) is 2.02. The van der Waals surface area contributed by atoms with E-state index in [4.69, 9.17) is 5.73 Å². The van der Waals surface area contributed by atoms with Crippen LogP contribution < -0.4 is 11.1 Å². The first-order valence-electron chi connectivity index (χ1n) is 5.92. The van der Waals surface area contributed by atoms with Crippen LogP contribution in [0.25, 0.3) is 0 Å². The van der Waals surface area contributed by atoms with E-state index in [2.05, 4.69) is 17.4 Å². The Morgan fingerprint density at radius 3 is 2.76 bits per heavy atom. The molecule has 0 aliphatic rings. The molecule has 1 unspecified atom stereocenters. The maximum atomic E-state index is 11.4. The largest absolute Gasteiger partial charge is 0.355 e. The van der Waals surface area contributed by atoms with Gasteiger partial charge >= 0.3 is 0 Å². The van der Waals surface area contributed by atoms with E-state index in [1.807, 2.05) is 25.1 Å². The van der Waals surface area contributed by atoms with Crippen LogP contribution in [-0.4, -0.2) is 24.2 Å². The third-order valence-corrected chi connectivity index (χ3v) is 3.42. The number of benzene rings is 1. The number of hydrogen-bond donors (Lipinski definition) is 2. The third-order valence-electron chi connectivity index (χ3n) is 2.41. The summed E-state index contributed by atoms with van der Waals surface area (Å²) in [5, 5.41) is 2.88. The van der Waals surface area contributed by atoms with Gasteiger partial charge in [-0.3, -0.25) is 4.79 Å². The Morgan fingerprint density at radius 2 is 2.12 bits per heavy atom. The standard InChI is InChI=1S/C13H20N2OS/c1-2-11(14)10-13(16)15-8-9-17-12-6-4-3-5-7-12/h3-7,11H,2,8-10,14H2,1H3,(H,15,16). The molecular weight excluding hydrogens is 232 g/mol. The highest BCUT2D eigenvalue weighted by molar-refractivity contribution is 7.99. The molecule has 0 saturated carbocycles. The molecule has 0 saturated heterocycles. The fourth-order valence-electron chi connectivity index (χ4n) is 1.33. The zero-order chi connectivity index (χ0) is 12.5. The minimum atomic E-state index is -0.0169. The molecule has 1 atom stereocenters. The Hall–Kier alpha value is -1.00. The zero-order valence-corrected chi connectivity index (χ0v) is 11.0. The SMILES string of the molecule is CCC(N)CC(=O)NCCSc1ccccc1. The van der Waals surface area contributed by atoms with E-state index >= 15 is 0 Å². The zero-order valence-electron chi connectivity index (χ0n) is 10.2. The van der Waals surface area contributed by atoms with Gasteiger partial charge in [-0.1, -0.05) is 25.1 Å². The smallest absolute Gasteiger partial charge is 0.221 e. The topological polar surface area (TPSA) is 55.1 Å². The monoisotopic (exact) mass is 252 g/mol. The molecule has 0 aliphatic carbocycles. The molecule has 0 fully saturated rings. The maximum Gasteiger partial charge on any atom is 0.221 e. The van der Waals surface area contributed by atoms with Crippen molar-refractivity contribution >= 4 is 17.7 Å². The highest BCUT2D eigenvalue weighted by Crippen LogP contribution is 2.15. The van der Waals surface area contributed by atoms with Crippen LogP contribution in [0.5, 0.6) is 0 Å². The van der Waals surface area contributed by atoms with Crippen molar-refractivity contribution in [1.82, 2.24) is 5.32 Å². The van der Waals surface area contributed by atoms with Crippen molar-refractivity contribution in [2.45, 2.75) is 30.7 Å². The summed E-state index contributed by atoms with van der Waals surface area (Å²) in [6, 6.07) is 10.1. The van der Waals surface area contributed by atoms with Crippen molar-refractivity contribution in [2.24, 2.45) is 5.73 Å². The van der Waals surface area contributed by atoms with Gasteiger partial charge in [0.05, 0.1) is 0 Å². The molecule has 0 radical (unpaired) electrons. The Balaban J connectivity index is 2.10. The van der Waals surface area contributed by atoms with Crippen LogP contribution in [0.4, 0.5) is 0 Å². The first kappa shape index (κ1) is 14.1. The van der Waals surface area contributed by atoms with Gasteiger partial charge in [0.25, 0.3) is 0 Å². The van der Waals surface area contributed by atoms with E-state index in [9.17, 15) is 4.79 Å². The molecule has 94 valence electrons. The van der Waals surface area contributed by atoms with E-state index < -0.39 is 0 Å². The summed E-state index contributed by atoms with van der Waals surface area (Å²) in [6.07, 6.45) is 1.26. The van der Waals surface area contributed by atoms with Crippen LogP contribution in [0.2, 0.25) is 0 Å². The lowest BCUT2D eigenvalue weighted by atomic mass is 10.1. The molecule has 1 rings (SSSR count). The van der Waals surface area contributed by atoms with Crippen molar-refractivity contribution in [1.29, 1.82) is 0 Å². The molecule has 1 amide bonds. The van der Waals surface area contributed by atoms with Crippen LogP contribution >= 0.6 is 11.8 Å². The van der Waals surface area contributed by atoms with E-state index in [-0.39, 0.29) is 11.9 Å². The van der Waals surface area contributed by atoms with Gasteiger partial charge in [-0.05, 0) is 18.6 Å². The number of nitrogens with two attached hydrogens (primary N) is 1. The molecule has 17 heavy (non-hydrogen) atoms. The molecule has 0 heterocycles. The number of amides is 1. The van der Waals surface area contributed by atoms with Crippen LogP contribution in [0.3, 0.4) is 0 Å². The summed E-state index contributed by atoms with van der Waals surface area (Å²) < 4.78 is 0. The van der Waals surface area contributed by atoms with Crippen molar-refractivity contribution in [3.63, 3.8) is 0 Å². The Labute approximate surface area is 107 Å². The van der Waals surface area contributed by atoms with Crippen molar-refractivity contribution in [3.8, 4) is 0 Å². The van der Waals surface area contributed by atoms with Crippen molar-refractivity contribution in [3.05, 3.63) is 30.3 Å². The van der Waals surface area contributed by atoms with Crippen LogP contribution in [0, 0.1) is 0 Å². The summed E-state index contributed by atoms with van der Waals surface area (Å²) in [5.41, 5.74) is 5.70. The van der Waals surface area contributed by atoms with Crippen LogP contribution in [-0.2, 0) is 4.79 Å². The lowest BCUT2D eigenvalue weighted by Gasteiger charge is -2.09. The summed E-state index contributed by atoms with van der Waals surface area (Å²) in [5.74, 6) is 0.935. The van der Waals surface area contributed by atoms with E-state index in [1.54, 1.807) is 11.8 Å². The van der Waals surface area contributed by atoms with Gasteiger partial charge in [-0.25, -0.2) is 0 Å². The number of thioether (sulfide) groups is 1. The molecular formula is C13H20N2OS.